The fourth-order valence-electron chi connectivity index (χ4n) is 3.86. The zero-order chi connectivity index (χ0) is 12.1. The van der Waals surface area contributed by atoms with Gasteiger partial charge in [-0.25, -0.2) is 0 Å². The Labute approximate surface area is 108 Å². The maximum atomic E-state index is 2.37. The maximum Gasteiger partial charge on any atom is 0.402 e. The van der Waals surface area contributed by atoms with Gasteiger partial charge in [-0.05, 0) is 12.1 Å². The molecule has 0 N–H and O–H groups in total. The van der Waals surface area contributed by atoms with Gasteiger partial charge in [-0.2, -0.15) is 4.57 Å². The van der Waals surface area contributed by atoms with Crippen LogP contribution in [0.25, 0.3) is 27.5 Å². The molecule has 1 aromatic carbocycles. The van der Waals surface area contributed by atoms with Crippen LogP contribution in [0.5, 0.6) is 0 Å². The van der Waals surface area contributed by atoms with Gasteiger partial charge < -0.3 is 0 Å². The molecule has 4 nitrogen and oxygen atoms in total. The molecule has 2 aliphatic rings. The van der Waals surface area contributed by atoms with Gasteiger partial charge in [0.15, 0.2) is 0 Å². The molecule has 3 aromatic heterocycles. The summed E-state index contributed by atoms with van der Waals surface area (Å²) in [5, 5.41) is 4.16. The molecule has 4 heteroatoms. The fourth-order valence-corrected chi connectivity index (χ4v) is 3.86. The molecule has 88 valence electrons. The first-order valence-electron chi connectivity index (χ1n) is 6.62. The third-order valence-electron chi connectivity index (χ3n) is 4.55. The molecule has 2 aliphatic heterocycles. The van der Waals surface area contributed by atoms with E-state index in [0.29, 0.717) is 0 Å². The van der Waals surface area contributed by atoms with Crippen molar-refractivity contribution in [3.05, 3.63) is 48.4 Å². The van der Waals surface area contributed by atoms with E-state index in [-0.39, 0.29) is 0 Å². The molecule has 19 heavy (non-hydrogen) atoms. The Morgan fingerprint density at radius 3 is 2.89 bits per heavy atom. The summed E-state index contributed by atoms with van der Waals surface area (Å²) < 4.78 is 9.36. The second-order valence-corrected chi connectivity index (χ2v) is 5.51. The number of nitrogens with zero attached hydrogens (tertiary/aromatic N) is 4. The summed E-state index contributed by atoms with van der Waals surface area (Å²) >= 11 is 0. The molecular formula is C15H11N4+3. The van der Waals surface area contributed by atoms with Gasteiger partial charge >= 0.3 is 17.6 Å². The highest BCUT2D eigenvalue weighted by atomic mass is 15.5. The van der Waals surface area contributed by atoms with E-state index < -0.39 is 0 Å². The minimum Gasteiger partial charge on any atom is -0.174 e. The van der Waals surface area contributed by atoms with Gasteiger partial charge in [-0.1, -0.05) is 18.2 Å². The van der Waals surface area contributed by atoms with Gasteiger partial charge in [0.25, 0.3) is 6.67 Å². The Morgan fingerprint density at radius 2 is 1.89 bits per heavy atom. The van der Waals surface area contributed by atoms with Crippen molar-refractivity contribution in [2.45, 2.75) is 13.2 Å². The minimum absolute atomic E-state index is 0.909. The van der Waals surface area contributed by atoms with E-state index in [4.69, 9.17) is 0 Å². The topological polar surface area (TPSA) is 16.0 Å². The zero-order valence-corrected chi connectivity index (χ0v) is 10.2. The summed E-state index contributed by atoms with van der Waals surface area (Å²) in [6.45, 7) is 1.91. The Bertz CT molecular complexity index is 975. The largest absolute Gasteiger partial charge is 0.402 e. The van der Waals surface area contributed by atoms with Gasteiger partial charge in [0.05, 0.1) is 16.1 Å². The van der Waals surface area contributed by atoms with Crippen LogP contribution in [0.1, 0.15) is 5.56 Å². The van der Waals surface area contributed by atoms with Crippen LogP contribution >= 0.6 is 0 Å². The van der Waals surface area contributed by atoms with Crippen LogP contribution in [-0.4, -0.2) is 4.52 Å². The summed E-state index contributed by atoms with van der Waals surface area (Å²) in [5.41, 5.74) is 4.09. The van der Waals surface area contributed by atoms with Crippen molar-refractivity contribution in [1.29, 1.82) is 0 Å². The van der Waals surface area contributed by atoms with E-state index in [0.717, 1.165) is 13.2 Å². The van der Waals surface area contributed by atoms with Crippen LogP contribution in [0.15, 0.2) is 42.9 Å². The lowest BCUT2D eigenvalue weighted by Gasteiger charge is -1.97. The highest BCUT2D eigenvalue weighted by molar-refractivity contribution is 6.10. The van der Waals surface area contributed by atoms with E-state index in [9.17, 15) is 0 Å². The Kier molecular flexibility index (Phi) is 1.11. The van der Waals surface area contributed by atoms with Crippen LogP contribution in [0.2, 0.25) is 0 Å². The van der Waals surface area contributed by atoms with Crippen molar-refractivity contribution in [2.24, 2.45) is 0 Å². The second kappa shape index (κ2) is 2.45. The molecule has 0 bridgehead atoms. The highest BCUT2D eigenvalue weighted by Gasteiger charge is 2.42. The van der Waals surface area contributed by atoms with Crippen LogP contribution in [0, 0.1) is 0 Å². The van der Waals surface area contributed by atoms with E-state index in [1.807, 2.05) is 0 Å². The zero-order valence-electron chi connectivity index (χ0n) is 10.2. The number of rotatable bonds is 0. The molecule has 0 unspecified atom stereocenters. The third kappa shape index (κ3) is 0.748. The Balaban J connectivity index is 2.16. The van der Waals surface area contributed by atoms with E-state index in [1.165, 1.54) is 33.0 Å². The lowest BCUT2D eigenvalue weighted by atomic mass is 10.0. The molecule has 0 atom stereocenters. The average Bonchev–Trinajstić information content (AvgIpc) is 3.04. The molecule has 6 rings (SSSR count). The lowest BCUT2D eigenvalue weighted by Crippen LogP contribution is -2.48. The van der Waals surface area contributed by atoms with Crippen LogP contribution < -0.4 is 13.8 Å². The van der Waals surface area contributed by atoms with Crippen molar-refractivity contribution in [1.82, 2.24) is 4.52 Å². The molecule has 0 spiro atoms. The molecule has 0 radical (unpaired) electrons. The number of fused-ring (bicyclic) bond motifs is 1. The molecule has 4 aromatic rings. The quantitative estimate of drug-likeness (QED) is 0.271. The fraction of sp³-hybridized carbons (Fsp3) is 0.133. The molecule has 0 saturated heterocycles. The van der Waals surface area contributed by atoms with Crippen molar-refractivity contribution >= 4 is 27.5 Å². The minimum atomic E-state index is 0.909. The number of aromatic nitrogens is 4. The number of hydrogen-bond acceptors (Lipinski definition) is 0. The van der Waals surface area contributed by atoms with Gasteiger partial charge in [0, 0.05) is 15.6 Å². The van der Waals surface area contributed by atoms with Gasteiger partial charge in [0.2, 0.25) is 0 Å². The summed E-state index contributed by atoms with van der Waals surface area (Å²) in [4.78, 5) is 0. The standard InChI is InChI=1S/C15H11N4/c1-3-10-7-17-9-18-8-16-6-2-5-12-11(4-1)13(10)15(17)19(18)14(12)16/h1-6,9H,7-8H2/q+3. The first kappa shape index (κ1) is 8.58. The second-order valence-electron chi connectivity index (χ2n) is 5.51. The summed E-state index contributed by atoms with van der Waals surface area (Å²) in [6.07, 6.45) is 4.40. The average molecular weight is 247 g/mol. The molecular weight excluding hydrogens is 236 g/mol. The SMILES string of the molecule is c1cc2c3c(c1)c1ccc[n+]4c1n1c3[n+](c[n+]1C4)C2. The summed E-state index contributed by atoms with van der Waals surface area (Å²) in [6, 6.07) is 11.1. The van der Waals surface area contributed by atoms with Crippen LogP contribution in [0.4, 0.5) is 0 Å². The van der Waals surface area contributed by atoms with Gasteiger partial charge in [-0.3, -0.25) is 0 Å². The molecule has 0 aliphatic carbocycles. The van der Waals surface area contributed by atoms with Gasteiger partial charge in [-0.15, -0.1) is 4.57 Å². The maximum absolute atomic E-state index is 2.37. The predicted molar refractivity (Wildman–Crippen MR) is 67.5 cm³/mol. The molecule has 5 heterocycles. The smallest absolute Gasteiger partial charge is 0.174 e. The molecule has 0 amide bonds. The third-order valence-corrected chi connectivity index (χ3v) is 4.55. The highest BCUT2D eigenvalue weighted by Crippen LogP contribution is 2.31. The van der Waals surface area contributed by atoms with E-state index in [2.05, 4.69) is 61.2 Å². The number of pyridine rings is 2. The molecule has 0 fully saturated rings. The van der Waals surface area contributed by atoms with Crippen LogP contribution in [0.3, 0.4) is 0 Å². The predicted octanol–water partition coefficient (Wildman–Crippen LogP) is 0.289. The van der Waals surface area contributed by atoms with Crippen molar-refractivity contribution in [3.8, 4) is 0 Å². The normalized spacial score (nSPS) is 14.9. The van der Waals surface area contributed by atoms with Crippen molar-refractivity contribution in [3.63, 3.8) is 0 Å². The number of hydrogen-bond donors (Lipinski definition) is 0. The van der Waals surface area contributed by atoms with E-state index in [1.54, 1.807) is 0 Å². The first-order chi connectivity index (χ1) is 9.42. The van der Waals surface area contributed by atoms with Crippen molar-refractivity contribution < 1.29 is 13.8 Å². The Morgan fingerprint density at radius 1 is 0.947 bits per heavy atom. The van der Waals surface area contributed by atoms with Gasteiger partial charge in [0.1, 0.15) is 11.9 Å². The number of benzene rings is 1. The monoisotopic (exact) mass is 247 g/mol. The first-order valence-corrected chi connectivity index (χ1v) is 6.62. The molecule has 0 saturated carbocycles. The van der Waals surface area contributed by atoms with Crippen molar-refractivity contribution in [2.75, 3.05) is 0 Å². The summed E-state index contributed by atoms with van der Waals surface area (Å²) in [7, 11) is 0. The summed E-state index contributed by atoms with van der Waals surface area (Å²) in [5.74, 6) is 0. The Hall–Kier alpha value is -2.49. The lowest BCUT2D eigenvalue weighted by molar-refractivity contribution is -0.924. The van der Waals surface area contributed by atoms with E-state index >= 15 is 0 Å². The van der Waals surface area contributed by atoms with Crippen LogP contribution in [-0.2, 0) is 13.2 Å².